The zero-order chi connectivity index (χ0) is 15.6. The molecule has 1 aromatic heterocycles. The number of carbonyl (C=O) groups is 1. The lowest BCUT2D eigenvalue weighted by Crippen LogP contribution is -2.14. The summed E-state index contributed by atoms with van der Waals surface area (Å²) in [6, 6.07) is 7.07. The molecule has 0 aliphatic carbocycles. The number of hydrogen-bond acceptors (Lipinski definition) is 2. The summed E-state index contributed by atoms with van der Waals surface area (Å²) in [5.41, 5.74) is -0.818. The van der Waals surface area contributed by atoms with Gasteiger partial charge in [-0.05, 0) is 30.3 Å². The average Bonchev–Trinajstić information content (AvgIpc) is 2.39. The summed E-state index contributed by atoms with van der Waals surface area (Å²) in [6.07, 6.45) is -4.50. The fraction of sp³-hybridized carbons (Fsp3) is 0.0769. The van der Waals surface area contributed by atoms with Gasteiger partial charge < -0.3 is 5.32 Å². The van der Waals surface area contributed by atoms with Crippen molar-refractivity contribution in [3.05, 3.63) is 57.8 Å². The van der Waals surface area contributed by atoms with E-state index in [4.69, 9.17) is 23.2 Å². The van der Waals surface area contributed by atoms with E-state index in [0.717, 1.165) is 18.2 Å². The number of nitrogens with zero attached hydrogens (tertiary/aromatic N) is 1. The van der Waals surface area contributed by atoms with E-state index in [1.54, 1.807) is 0 Å². The van der Waals surface area contributed by atoms with E-state index in [-0.39, 0.29) is 21.6 Å². The molecule has 3 nitrogen and oxygen atoms in total. The minimum Gasteiger partial charge on any atom is -0.319 e. The Morgan fingerprint density at radius 3 is 2.43 bits per heavy atom. The Kier molecular flexibility index (Phi) is 4.39. The van der Waals surface area contributed by atoms with Gasteiger partial charge >= 0.3 is 6.18 Å². The van der Waals surface area contributed by atoms with Gasteiger partial charge in [-0.15, -0.1) is 0 Å². The van der Waals surface area contributed by atoms with E-state index in [1.807, 2.05) is 0 Å². The summed E-state index contributed by atoms with van der Waals surface area (Å²) >= 11 is 11.4. The topological polar surface area (TPSA) is 42.0 Å². The van der Waals surface area contributed by atoms with Crippen LogP contribution in [0.5, 0.6) is 0 Å². The number of carbonyl (C=O) groups excluding carboxylic acids is 1. The Labute approximate surface area is 127 Å². The number of halogens is 5. The van der Waals surface area contributed by atoms with Crippen molar-refractivity contribution in [2.45, 2.75) is 6.18 Å². The van der Waals surface area contributed by atoms with Gasteiger partial charge in [-0.2, -0.15) is 13.2 Å². The minimum atomic E-state index is -4.50. The summed E-state index contributed by atoms with van der Waals surface area (Å²) in [5, 5.41) is 2.28. The molecule has 110 valence electrons. The molecule has 0 spiro atoms. The van der Waals surface area contributed by atoms with Crippen LogP contribution in [0.2, 0.25) is 10.2 Å². The molecule has 2 aromatic rings. The van der Waals surface area contributed by atoms with E-state index < -0.39 is 17.6 Å². The Hall–Kier alpha value is -1.79. The zero-order valence-corrected chi connectivity index (χ0v) is 11.7. The van der Waals surface area contributed by atoms with Crippen LogP contribution in [0.4, 0.5) is 18.9 Å². The van der Waals surface area contributed by atoms with E-state index >= 15 is 0 Å². The molecule has 0 saturated heterocycles. The number of aromatic nitrogens is 1. The molecule has 0 radical (unpaired) electrons. The van der Waals surface area contributed by atoms with Gasteiger partial charge in [0.05, 0.1) is 16.3 Å². The molecule has 8 heteroatoms. The molecule has 0 aliphatic rings. The maximum atomic E-state index is 12.5. The first-order valence-corrected chi connectivity index (χ1v) is 6.33. The molecule has 0 fully saturated rings. The molecule has 0 bridgehead atoms. The maximum absolute atomic E-state index is 12.5. The molecular formula is C13H7Cl2F3N2O. The Bertz CT molecular complexity index is 689. The van der Waals surface area contributed by atoms with Gasteiger partial charge in [0.1, 0.15) is 10.8 Å². The Morgan fingerprint density at radius 2 is 1.86 bits per heavy atom. The van der Waals surface area contributed by atoms with Crippen molar-refractivity contribution in [1.82, 2.24) is 4.98 Å². The lowest BCUT2D eigenvalue weighted by molar-refractivity contribution is -0.137. The monoisotopic (exact) mass is 334 g/mol. The predicted molar refractivity (Wildman–Crippen MR) is 73.7 cm³/mol. The van der Waals surface area contributed by atoms with Crippen LogP contribution in [-0.2, 0) is 6.18 Å². The van der Waals surface area contributed by atoms with Crippen LogP contribution in [0.1, 0.15) is 16.1 Å². The van der Waals surface area contributed by atoms with Crippen molar-refractivity contribution >= 4 is 34.8 Å². The number of alkyl halides is 3. The second-order valence-corrected chi connectivity index (χ2v) is 4.79. The quantitative estimate of drug-likeness (QED) is 0.811. The van der Waals surface area contributed by atoms with Crippen LogP contribution < -0.4 is 5.32 Å². The highest BCUT2D eigenvalue weighted by atomic mass is 35.5. The third kappa shape index (κ3) is 3.86. The van der Waals surface area contributed by atoms with Crippen molar-refractivity contribution in [3.8, 4) is 0 Å². The number of benzene rings is 1. The summed E-state index contributed by atoms with van der Waals surface area (Å²) in [7, 11) is 0. The van der Waals surface area contributed by atoms with Gasteiger partial charge in [0, 0.05) is 0 Å². The largest absolute Gasteiger partial charge is 0.416 e. The minimum absolute atomic E-state index is 0.0264. The fourth-order valence-corrected chi connectivity index (χ4v) is 1.91. The highest BCUT2D eigenvalue weighted by molar-refractivity contribution is 6.34. The van der Waals surface area contributed by atoms with Crippen molar-refractivity contribution in [2.75, 3.05) is 5.32 Å². The molecule has 1 amide bonds. The summed E-state index contributed by atoms with van der Waals surface area (Å²) in [4.78, 5) is 15.7. The van der Waals surface area contributed by atoms with E-state index in [9.17, 15) is 18.0 Å². The van der Waals surface area contributed by atoms with Crippen LogP contribution in [-0.4, -0.2) is 10.9 Å². The lowest BCUT2D eigenvalue weighted by Gasteiger charge is -2.10. The van der Waals surface area contributed by atoms with E-state index in [2.05, 4.69) is 10.3 Å². The van der Waals surface area contributed by atoms with Crippen molar-refractivity contribution < 1.29 is 18.0 Å². The molecule has 0 aliphatic heterocycles. The van der Waals surface area contributed by atoms with E-state index in [0.29, 0.717) is 0 Å². The molecule has 0 unspecified atom stereocenters. The zero-order valence-electron chi connectivity index (χ0n) is 10.2. The van der Waals surface area contributed by atoms with Crippen LogP contribution in [0.3, 0.4) is 0 Å². The first kappa shape index (κ1) is 15.6. The smallest absolute Gasteiger partial charge is 0.319 e. The second kappa shape index (κ2) is 5.91. The van der Waals surface area contributed by atoms with Gasteiger partial charge in [0.15, 0.2) is 0 Å². The highest BCUT2D eigenvalue weighted by Gasteiger charge is 2.31. The van der Waals surface area contributed by atoms with Crippen LogP contribution in [0.25, 0.3) is 0 Å². The SMILES string of the molecule is O=C(Nc1ccc(C(F)(F)F)cc1Cl)c1cccc(Cl)n1. The van der Waals surface area contributed by atoms with Gasteiger partial charge in [-0.1, -0.05) is 29.3 Å². The molecule has 0 saturated carbocycles. The molecule has 1 aromatic carbocycles. The molecule has 21 heavy (non-hydrogen) atoms. The predicted octanol–water partition coefficient (Wildman–Crippen LogP) is 4.66. The van der Waals surface area contributed by atoms with Gasteiger partial charge in [0.2, 0.25) is 0 Å². The molecule has 1 heterocycles. The first-order chi connectivity index (χ1) is 9.77. The standard InChI is InChI=1S/C13H7Cl2F3N2O/c14-8-6-7(13(16,17)18)4-5-9(8)20-12(21)10-2-1-3-11(15)19-10/h1-6H,(H,20,21). The van der Waals surface area contributed by atoms with Crippen molar-refractivity contribution in [1.29, 1.82) is 0 Å². The van der Waals surface area contributed by atoms with Crippen LogP contribution in [0, 0.1) is 0 Å². The molecule has 0 atom stereocenters. The molecular weight excluding hydrogens is 328 g/mol. The second-order valence-electron chi connectivity index (χ2n) is 3.99. The number of pyridine rings is 1. The van der Waals surface area contributed by atoms with Gasteiger partial charge in [0.25, 0.3) is 5.91 Å². The first-order valence-electron chi connectivity index (χ1n) is 5.58. The third-order valence-electron chi connectivity index (χ3n) is 2.49. The van der Waals surface area contributed by atoms with E-state index in [1.165, 1.54) is 18.2 Å². The lowest BCUT2D eigenvalue weighted by atomic mass is 10.2. The number of anilines is 1. The molecule has 2 rings (SSSR count). The summed E-state index contributed by atoms with van der Waals surface area (Å²) in [5.74, 6) is -0.626. The maximum Gasteiger partial charge on any atom is 0.416 e. The summed E-state index contributed by atoms with van der Waals surface area (Å²) in [6.45, 7) is 0. The van der Waals surface area contributed by atoms with Crippen molar-refractivity contribution in [2.24, 2.45) is 0 Å². The number of nitrogens with one attached hydrogen (secondary N) is 1. The number of amides is 1. The van der Waals surface area contributed by atoms with Crippen molar-refractivity contribution in [3.63, 3.8) is 0 Å². The van der Waals surface area contributed by atoms with Gasteiger partial charge in [-0.25, -0.2) is 4.98 Å². The number of rotatable bonds is 2. The molecule has 1 N–H and O–H groups in total. The highest BCUT2D eigenvalue weighted by Crippen LogP contribution is 2.33. The fourth-order valence-electron chi connectivity index (χ4n) is 1.51. The van der Waals surface area contributed by atoms with Gasteiger partial charge in [-0.3, -0.25) is 4.79 Å². The Morgan fingerprint density at radius 1 is 1.14 bits per heavy atom. The third-order valence-corrected chi connectivity index (χ3v) is 3.02. The number of hydrogen-bond donors (Lipinski definition) is 1. The average molecular weight is 335 g/mol. The van der Waals surface area contributed by atoms with Crippen LogP contribution in [0.15, 0.2) is 36.4 Å². The normalized spacial score (nSPS) is 11.3. The summed E-state index contributed by atoms with van der Waals surface area (Å²) < 4.78 is 37.5. The Balaban J connectivity index is 2.22. The van der Waals surface area contributed by atoms with Crippen LogP contribution >= 0.6 is 23.2 Å².